The number of hydrogen-bond donors (Lipinski definition) is 0. The molecular formula is C22H19N3O4. The van der Waals surface area contributed by atoms with Crippen LogP contribution in [-0.2, 0) is 16.0 Å². The number of fused-ring (bicyclic) bond motifs is 1. The number of carbonyl (C=O) groups is 1. The predicted octanol–water partition coefficient (Wildman–Crippen LogP) is 3.44. The number of esters is 1. The average molecular weight is 389 g/mol. The highest BCUT2D eigenvalue weighted by Crippen LogP contribution is 2.25. The second kappa shape index (κ2) is 8.40. The van der Waals surface area contributed by atoms with Crippen molar-refractivity contribution < 1.29 is 14.3 Å². The van der Waals surface area contributed by atoms with Gasteiger partial charge in [0, 0.05) is 6.20 Å². The quantitative estimate of drug-likeness (QED) is 0.377. The Morgan fingerprint density at radius 3 is 2.62 bits per heavy atom. The fourth-order valence-electron chi connectivity index (χ4n) is 2.79. The number of carbonyl (C=O) groups excluding carboxylic acids is 1. The normalized spacial score (nSPS) is 11.2. The number of methoxy groups -OCH3 is 1. The molecule has 0 spiro atoms. The van der Waals surface area contributed by atoms with Crippen molar-refractivity contribution in [2.45, 2.75) is 20.3 Å². The number of rotatable bonds is 5. The molecule has 0 fully saturated rings. The van der Waals surface area contributed by atoms with Crippen molar-refractivity contribution in [3.8, 4) is 17.7 Å². The van der Waals surface area contributed by atoms with Crippen LogP contribution in [0.25, 0.3) is 11.7 Å². The molecule has 2 aromatic heterocycles. The molecule has 7 heteroatoms. The lowest BCUT2D eigenvalue weighted by molar-refractivity contribution is -0.135. The van der Waals surface area contributed by atoms with Gasteiger partial charge in [-0.3, -0.25) is 9.20 Å². The van der Waals surface area contributed by atoms with E-state index in [1.165, 1.54) is 4.40 Å². The molecule has 0 amide bonds. The van der Waals surface area contributed by atoms with Crippen molar-refractivity contribution in [3.05, 3.63) is 75.2 Å². The minimum atomic E-state index is -0.848. The first kappa shape index (κ1) is 19.8. The Balaban J connectivity index is 2.23. The van der Waals surface area contributed by atoms with Gasteiger partial charge in [0.25, 0.3) is 5.56 Å². The molecule has 0 aliphatic heterocycles. The smallest absolute Gasteiger partial charge is 0.348 e. The summed E-state index contributed by atoms with van der Waals surface area (Å²) in [5.74, 6) is -0.358. The SMILES string of the molecule is CCc1ccc(Oc2nc3c(C)cccn3c(=O)c2/C=C(\C#N)C(=O)OC)cc1. The fourth-order valence-corrected chi connectivity index (χ4v) is 2.79. The van der Waals surface area contributed by atoms with Gasteiger partial charge in [-0.2, -0.15) is 10.2 Å². The zero-order chi connectivity index (χ0) is 21.0. The van der Waals surface area contributed by atoms with Gasteiger partial charge in [-0.05, 0) is 48.7 Å². The summed E-state index contributed by atoms with van der Waals surface area (Å²) in [6.45, 7) is 3.87. The van der Waals surface area contributed by atoms with Gasteiger partial charge in [0.1, 0.15) is 28.6 Å². The van der Waals surface area contributed by atoms with Gasteiger partial charge in [-0.25, -0.2) is 4.79 Å². The summed E-state index contributed by atoms with van der Waals surface area (Å²) in [6.07, 6.45) is 3.60. The summed E-state index contributed by atoms with van der Waals surface area (Å²) in [5, 5.41) is 9.29. The van der Waals surface area contributed by atoms with Crippen LogP contribution in [0.5, 0.6) is 11.6 Å². The van der Waals surface area contributed by atoms with E-state index in [4.69, 9.17) is 4.74 Å². The standard InChI is InChI=1S/C22H19N3O4/c1-4-15-7-9-17(10-8-15)29-20-18(12-16(13-23)22(27)28-3)21(26)25-11-5-6-14(2)19(25)24-20/h5-12H,4H2,1-3H3/b16-12+. The zero-order valence-corrected chi connectivity index (χ0v) is 16.3. The lowest BCUT2D eigenvalue weighted by Gasteiger charge is -2.11. The van der Waals surface area contributed by atoms with Crippen molar-refractivity contribution in [1.82, 2.24) is 9.38 Å². The Hall–Kier alpha value is -3.92. The minimum Gasteiger partial charge on any atom is -0.465 e. The Bertz CT molecular complexity index is 1200. The van der Waals surface area contributed by atoms with E-state index in [0.29, 0.717) is 11.4 Å². The third kappa shape index (κ3) is 4.01. The van der Waals surface area contributed by atoms with Crippen molar-refractivity contribution >= 4 is 17.7 Å². The number of aryl methyl sites for hydroxylation is 2. The highest BCUT2D eigenvalue weighted by atomic mass is 16.5. The first-order chi connectivity index (χ1) is 14.0. The number of aromatic nitrogens is 2. The number of pyridine rings is 1. The first-order valence-corrected chi connectivity index (χ1v) is 8.97. The van der Waals surface area contributed by atoms with Gasteiger partial charge >= 0.3 is 5.97 Å². The predicted molar refractivity (Wildman–Crippen MR) is 108 cm³/mol. The van der Waals surface area contributed by atoms with Gasteiger partial charge in [0.05, 0.1) is 7.11 Å². The van der Waals surface area contributed by atoms with E-state index in [1.54, 1.807) is 30.5 Å². The van der Waals surface area contributed by atoms with Crippen LogP contribution in [0.15, 0.2) is 53.0 Å². The Kier molecular flexibility index (Phi) is 5.74. The summed E-state index contributed by atoms with van der Waals surface area (Å²) in [7, 11) is 1.16. The maximum atomic E-state index is 13.1. The number of hydrogen-bond acceptors (Lipinski definition) is 6. The molecular weight excluding hydrogens is 370 g/mol. The van der Waals surface area contributed by atoms with Crippen LogP contribution in [0.2, 0.25) is 0 Å². The van der Waals surface area contributed by atoms with Crippen molar-refractivity contribution in [2.24, 2.45) is 0 Å². The Morgan fingerprint density at radius 1 is 1.28 bits per heavy atom. The van der Waals surface area contributed by atoms with Crippen molar-refractivity contribution in [2.75, 3.05) is 7.11 Å². The lowest BCUT2D eigenvalue weighted by Crippen LogP contribution is -2.20. The van der Waals surface area contributed by atoms with Gasteiger partial charge in [-0.15, -0.1) is 0 Å². The molecule has 7 nitrogen and oxygen atoms in total. The highest BCUT2D eigenvalue weighted by molar-refractivity contribution is 5.98. The van der Waals surface area contributed by atoms with Crippen LogP contribution in [-0.4, -0.2) is 22.5 Å². The van der Waals surface area contributed by atoms with E-state index in [0.717, 1.165) is 30.7 Å². The summed E-state index contributed by atoms with van der Waals surface area (Å²) >= 11 is 0. The number of nitrogens with zero attached hydrogens (tertiary/aromatic N) is 3. The molecule has 2 heterocycles. The Labute approximate surface area is 167 Å². The second-order valence-electron chi connectivity index (χ2n) is 6.28. The van der Waals surface area contributed by atoms with Gasteiger partial charge in [0.15, 0.2) is 0 Å². The molecule has 1 aromatic carbocycles. The monoisotopic (exact) mass is 389 g/mol. The van der Waals surface area contributed by atoms with Crippen LogP contribution in [0.4, 0.5) is 0 Å². The van der Waals surface area contributed by atoms with E-state index in [2.05, 4.69) is 9.72 Å². The van der Waals surface area contributed by atoms with E-state index < -0.39 is 11.5 Å². The summed E-state index contributed by atoms with van der Waals surface area (Å²) < 4.78 is 11.8. The fraction of sp³-hybridized carbons (Fsp3) is 0.182. The molecule has 0 atom stereocenters. The van der Waals surface area contributed by atoms with Gasteiger partial charge in [-0.1, -0.05) is 25.1 Å². The molecule has 29 heavy (non-hydrogen) atoms. The van der Waals surface area contributed by atoms with Crippen LogP contribution in [0.3, 0.4) is 0 Å². The molecule has 0 radical (unpaired) electrons. The third-order valence-corrected chi connectivity index (χ3v) is 4.41. The molecule has 3 aromatic rings. The maximum Gasteiger partial charge on any atom is 0.348 e. The van der Waals surface area contributed by atoms with Crippen LogP contribution >= 0.6 is 0 Å². The Morgan fingerprint density at radius 2 is 2.00 bits per heavy atom. The zero-order valence-electron chi connectivity index (χ0n) is 16.3. The summed E-state index contributed by atoms with van der Waals surface area (Å²) in [4.78, 5) is 29.4. The average Bonchev–Trinajstić information content (AvgIpc) is 2.74. The third-order valence-electron chi connectivity index (χ3n) is 4.41. The summed E-state index contributed by atoms with van der Waals surface area (Å²) in [6, 6.07) is 12.7. The molecule has 0 unspecified atom stereocenters. The molecule has 3 rings (SSSR count). The van der Waals surface area contributed by atoms with Crippen molar-refractivity contribution in [1.29, 1.82) is 5.26 Å². The molecule has 0 aliphatic rings. The van der Waals surface area contributed by atoms with Crippen molar-refractivity contribution in [3.63, 3.8) is 0 Å². The van der Waals surface area contributed by atoms with E-state index >= 15 is 0 Å². The van der Waals surface area contributed by atoms with Crippen LogP contribution in [0, 0.1) is 18.3 Å². The van der Waals surface area contributed by atoms with E-state index in [-0.39, 0.29) is 17.0 Å². The van der Waals surface area contributed by atoms with Gasteiger partial charge in [0.2, 0.25) is 5.88 Å². The van der Waals surface area contributed by atoms with Crippen LogP contribution in [0.1, 0.15) is 23.6 Å². The first-order valence-electron chi connectivity index (χ1n) is 8.97. The van der Waals surface area contributed by atoms with E-state index in [9.17, 15) is 14.9 Å². The number of nitriles is 1. The molecule has 0 N–H and O–H groups in total. The highest BCUT2D eigenvalue weighted by Gasteiger charge is 2.18. The molecule has 0 aliphatic carbocycles. The lowest BCUT2D eigenvalue weighted by atomic mass is 10.1. The number of ether oxygens (including phenoxy) is 2. The van der Waals surface area contributed by atoms with Gasteiger partial charge < -0.3 is 9.47 Å². The number of benzene rings is 1. The summed E-state index contributed by atoms with van der Waals surface area (Å²) in [5.41, 5.74) is 1.53. The maximum absolute atomic E-state index is 13.1. The molecule has 0 bridgehead atoms. The molecule has 0 saturated heterocycles. The molecule has 146 valence electrons. The molecule has 0 saturated carbocycles. The minimum absolute atomic E-state index is 0.00482. The van der Waals surface area contributed by atoms with Crippen LogP contribution < -0.4 is 10.3 Å². The largest absolute Gasteiger partial charge is 0.465 e. The second-order valence-corrected chi connectivity index (χ2v) is 6.28. The topological polar surface area (TPSA) is 93.7 Å². The van der Waals surface area contributed by atoms with E-state index in [1.807, 2.05) is 32.0 Å².